The van der Waals surface area contributed by atoms with E-state index in [4.69, 9.17) is 0 Å². The van der Waals surface area contributed by atoms with E-state index in [-0.39, 0.29) is 11.6 Å². The Morgan fingerprint density at radius 2 is 2.15 bits per heavy atom. The molecule has 2 aromatic heterocycles. The molecule has 0 saturated heterocycles. The first kappa shape index (κ1) is 8.10. The van der Waals surface area contributed by atoms with Crippen LogP contribution >= 0.6 is 0 Å². The minimum atomic E-state index is 0.0532. The maximum atomic E-state index is 11.8. The molecule has 0 aromatic carbocycles. The number of pyridine rings is 1. The molecule has 0 fully saturated rings. The van der Waals surface area contributed by atoms with Crippen molar-refractivity contribution in [3.8, 4) is 0 Å². The van der Waals surface area contributed by atoms with Gasteiger partial charge in [-0.15, -0.1) is 0 Å². The average molecular weight is 176 g/mol. The van der Waals surface area contributed by atoms with Gasteiger partial charge in [0.05, 0.1) is 0 Å². The first-order chi connectivity index (χ1) is 6.20. The van der Waals surface area contributed by atoms with E-state index in [0.717, 1.165) is 5.39 Å². The molecule has 2 aromatic rings. The van der Waals surface area contributed by atoms with Gasteiger partial charge in [-0.05, 0) is 26.0 Å². The number of fused-ring (bicyclic) bond motifs is 1. The number of nitrogens with one attached hydrogen (secondary N) is 1. The summed E-state index contributed by atoms with van der Waals surface area (Å²) in [6.07, 6.45) is 3.62. The fourth-order valence-corrected chi connectivity index (χ4v) is 1.47. The lowest BCUT2D eigenvalue weighted by molar-refractivity contribution is 0.582. The van der Waals surface area contributed by atoms with Crippen molar-refractivity contribution in [1.29, 1.82) is 0 Å². The van der Waals surface area contributed by atoms with Crippen LogP contribution in [0.4, 0.5) is 0 Å². The van der Waals surface area contributed by atoms with Crippen molar-refractivity contribution in [3.63, 3.8) is 0 Å². The van der Waals surface area contributed by atoms with Gasteiger partial charge in [-0.25, -0.2) is 0 Å². The van der Waals surface area contributed by atoms with Crippen LogP contribution in [0, 0.1) is 0 Å². The highest BCUT2D eigenvalue weighted by Crippen LogP contribution is 2.08. The molecule has 0 saturated carbocycles. The number of H-pyrrole nitrogens is 1. The van der Waals surface area contributed by atoms with E-state index in [2.05, 4.69) is 4.98 Å². The van der Waals surface area contributed by atoms with Crippen LogP contribution in [-0.2, 0) is 0 Å². The van der Waals surface area contributed by atoms with Gasteiger partial charge in [-0.2, -0.15) is 0 Å². The smallest absolute Gasteiger partial charge is 0.275 e. The van der Waals surface area contributed by atoms with Gasteiger partial charge >= 0.3 is 0 Å². The lowest BCUT2D eigenvalue weighted by Gasteiger charge is -2.08. The van der Waals surface area contributed by atoms with E-state index in [1.807, 2.05) is 32.2 Å². The van der Waals surface area contributed by atoms with Crippen molar-refractivity contribution < 1.29 is 0 Å². The van der Waals surface area contributed by atoms with Crippen LogP contribution < -0.4 is 5.56 Å². The van der Waals surface area contributed by atoms with Gasteiger partial charge in [0.25, 0.3) is 5.56 Å². The third-order valence-electron chi connectivity index (χ3n) is 2.20. The molecule has 3 heteroatoms. The van der Waals surface area contributed by atoms with E-state index >= 15 is 0 Å². The Morgan fingerprint density at radius 3 is 2.85 bits per heavy atom. The first-order valence-corrected chi connectivity index (χ1v) is 4.38. The number of nitrogens with zero attached hydrogens (tertiary/aromatic N) is 1. The van der Waals surface area contributed by atoms with Crippen LogP contribution in [-0.4, -0.2) is 9.55 Å². The summed E-state index contributed by atoms with van der Waals surface area (Å²) in [5, 5.41) is 0.974. The Morgan fingerprint density at radius 1 is 1.38 bits per heavy atom. The van der Waals surface area contributed by atoms with Crippen LogP contribution in [0.3, 0.4) is 0 Å². The van der Waals surface area contributed by atoms with E-state index in [1.165, 1.54) is 0 Å². The second kappa shape index (κ2) is 2.76. The highest BCUT2D eigenvalue weighted by molar-refractivity contribution is 5.77. The number of aromatic amines is 1. The Hall–Kier alpha value is -1.51. The highest BCUT2D eigenvalue weighted by atomic mass is 16.1. The second-order valence-corrected chi connectivity index (χ2v) is 3.43. The van der Waals surface area contributed by atoms with E-state index < -0.39 is 0 Å². The van der Waals surface area contributed by atoms with Crippen molar-refractivity contribution >= 4 is 10.9 Å². The number of aromatic nitrogens is 2. The molecule has 13 heavy (non-hydrogen) atoms. The van der Waals surface area contributed by atoms with Crippen molar-refractivity contribution in [2.45, 2.75) is 19.9 Å². The topological polar surface area (TPSA) is 37.8 Å². The van der Waals surface area contributed by atoms with Crippen LogP contribution in [0.25, 0.3) is 10.9 Å². The molecule has 0 unspecified atom stereocenters. The van der Waals surface area contributed by atoms with Crippen molar-refractivity contribution in [2.75, 3.05) is 0 Å². The molecule has 68 valence electrons. The molecule has 2 rings (SSSR count). The highest BCUT2D eigenvalue weighted by Gasteiger charge is 2.04. The average Bonchev–Trinajstić information content (AvgIpc) is 2.52. The molecule has 0 aliphatic heterocycles. The summed E-state index contributed by atoms with van der Waals surface area (Å²) in [6.45, 7) is 3.99. The maximum absolute atomic E-state index is 11.8. The number of hydrogen-bond donors (Lipinski definition) is 1. The predicted octanol–water partition coefficient (Wildman–Crippen LogP) is 1.91. The third-order valence-corrected chi connectivity index (χ3v) is 2.20. The Kier molecular flexibility index (Phi) is 1.72. The van der Waals surface area contributed by atoms with Crippen molar-refractivity contribution in [3.05, 3.63) is 34.9 Å². The monoisotopic (exact) mass is 176 g/mol. The summed E-state index contributed by atoms with van der Waals surface area (Å²) in [5.74, 6) is 0. The molecule has 0 atom stereocenters. The SMILES string of the molecule is CC(C)n1ccc2cc[nH]c2c1=O. The fraction of sp³-hybridized carbons (Fsp3) is 0.300. The predicted molar refractivity (Wildman–Crippen MR) is 52.9 cm³/mol. The Balaban J connectivity index is 2.81. The van der Waals surface area contributed by atoms with Gasteiger partial charge in [0.2, 0.25) is 0 Å². The molecule has 0 aliphatic carbocycles. The van der Waals surface area contributed by atoms with Gasteiger partial charge in [-0.3, -0.25) is 4.79 Å². The molecule has 0 bridgehead atoms. The normalized spacial score (nSPS) is 11.3. The minimum absolute atomic E-state index is 0.0532. The van der Waals surface area contributed by atoms with E-state index in [0.29, 0.717) is 5.52 Å². The van der Waals surface area contributed by atoms with Crippen LogP contribution in [0.2, 0.25) is 0 Å². The van der Waals surface area contributed by atoms with Gasteiger partial charge in [0, 0.05) is 23.8 Å². The van der Waals surface area contributed by atoms with Gasteiger partial charge in [-0.1, -0.05) is 0 Å². The number of rotatable bonds is 1. The minimum Gasteiger partial charge on any atom is -0.357 e. The zero-order valence-electron chi connectivity index (χ0n) is 7.74. The molecule has 0 radical (unpaired) electrons. The Bertz CT molecular complexity index is 479. The molecule has 0 amide bonds. The summed E-state index contributed by atoms with van der Waals surface area (Å²) in [6, 6.07) is 4.06. The fourth-order valence-electron chi connectivity index (χ4n) is 1.47. The van der Waals surface area contributed by atoms with Gasteiger partial charge in [0.15, 0.2) is 0 Å². The lowest BCUT2D eigenvalue weighted by atomic mass is 10.3. The summed E-state index contributed by atoms with van der Waals surface area (Å²) in [4.78, 5) is 14.7. The van der Waals surface area contributed by atoms with Gasteiger partial charge in [0.1, 0.15) is 5.52 Å². The number of hydrogen-bond acceptors (Lipinski definition) is 1. The zero-order chi connectivity index (χ0) is 9.42. The summed E-state index contributed by atoms with van der Waals surface area (Å²) in [5.41, 5.74) is 0.744. The molecular formula is C10H12N2O. The van der Waals surface area contributed by atoms with Crippen molar-refractivity contribution in [1.82, 2.24) is 9.55 Å². The molecule has 2 heterocycles. The molecule has 0 aliphatic rings. The molecule has 0 spiro atoms. The van der Waals surface area contributed by atoms with E-state index in [1.54, 1.807) is 10.8 Å². The zero-order valence-corrected chi connectivity index (χ0v) is 7.74. The molecule has 3 nitrogen and oxygen atoms in total. The van der Waals surface area contributed by atoms with Crippen LogP contribution in [0.15, 0.2) is 29.3 Å². The molecule has 1 N–H and O–H groups in total. The Labute approximate surface area is 76.0 Å². The maximum Gasteiger partial charge on any atom is 0.275 e. The quantitative estimate of drug-likeness (QED) is 0.708. The lowest BCUT2D eigenvalue weighted by Crippen LogP contribution is -2.21. The summed E-state index contributed by atoms with van der Waals surface area (Å²) >= 11 is 0. The summed E-state index contributed by atoms with van der Waals surface area (Å²) < 4.78 is 1.72. The van der Waals surface area contributed by atoms with Gasteiger partial charge < -0.3 is 9.55 Å². The first-order valence-electron chi connectivity index (χ1n) is 4.38. The second-order valence-electron chi connectivity index (χ2n) is 3.43. The molecular weight excluding hydrogens is 164 g/mol. The van der Waals surface area contributed by atoms with Crippen LogP contribution in [0.1, 0.15) is 19.9 Å². The van der Waals surface area contributed by atoms with Crippen LogP contribution in [0.5, 0.6) is 0 Å². The standard InChI is InChI=1S/C10H12N2O/c1-7(2)12-6-4-8-3-5-11-9(8)10(12)13/h3-7,11H,1-2H3. The summed E-state index contributed by atoms with van der Waals surface area (Å²) in [7, 11) is 0. The largest absolute Gasteiger partial charge is 0.357 e. The van der Waals surface area contributed by atoms with Crippen molar-refractivity contribution in [2.24, 2.45) is 0 Å². The van der Waals surface area contributed by atoms with E-state index in [9.17, 15) is 4.79 Å². The third kappa shape index (κ3) is 1.16.